The van der Waals surface area contributed by atoms with E-state index in [2.05, 4.69) is 28.4 Å². The van der Waals surface area contributed by atoms with Crippen LogP contribution in [0.5, 0.6) is 0 Å². The zero-order valence-electron chi connectivity index (χ0n) is 11.4. The summed E-state index contributed by atoms with van der Waals surface area (Å²) in [4.78, 5) is 16.2. The summed E-state index contributed by atoms with van der Waals surface area (Å²) in [6, 6.07) is 3.66. The number of thioether (sulfide) groups is 1. The van der Waals surface area contributed by atoms with Crippen LogP contribution >= 0.6 is 11.8 Å². The summed E-state index contributed by atoms with van der Waals surface area (Å²) in [5, 5.41) is 12.3. The molecule has 106 valence electrons. The highest BCUT2D eigenvalue weighted by atomic mass is 32.2. The Morgan fingerprint density at radius 3 is 3.00 bits per heavy atom. The molecule has 0 radical (unpaired) electrons. The van der Waals surface area contributed by atoms with Gasteiger partial charge in [0.05, 0.1) is 0 Å². The number of aliphatic hydroxyl groups excluding tert-OH is 1. The molecule has 0 bridgehead atoms. The van der Waals surface area contributed by atoms with Crippen LogP contribution in [0.1, 0.15) is 35.3 Å². The Bertz CT molecular complexity index is 519. The summed E-state index contributed by atoms with van der Waals surface area (Å²) in [6.45, 7) is -0.180. The van der Waals surface area contributed by atoms with Gasteiger partial charge in [0.15, 0.2) is 0 Å². The average molecular weight is 290 g/mol. The van der Waals surface area contributed by atoms with Gasteiger partial charge in [0.25, 0.3) is 5.91 Å². The maximum absolute atomic E-state index is 12.1. The molecule has 1 heterocycles. The van der Waals surface area contributed by atoms with E-state index in [4.69, 9.17) is 5.11 Å². The number of carbonyl (C=O) groups is 1. The largest absolute Gasteiger partial charge is 0.384 e. The number of carbonyl (C=O) groups excluding carboxylic acids is 1. The minimum absolute atomic E-state index is 0.126. The maximum atomic E-state index is 12.1. The smallest absolute Gasteiger partial charge is 0.270 e. The van der Waals surface area contributed by atoms with Crippen molar-refractivity contribution in [3.05, 3.63) is 29.6 Å². The number of aliphatic hydroxyl groups is 1. The topological polar surface area (TPSA) is 62.2 Å². The Morgan fingerprint density at radius 1 is 1.55 bits per heavy atom. The van der Waals surface area contributed by atoms with Crippen molar-refractivity contribution in [3.8, 4) is 11.8 Å². The molecule has 1 aromatic heterocycles. The zero-order valence-corrected chi connectivity index (χ0v) is 12.2. The Hall–Kier alpha value is -1.51. The van der Waals surface area contributed by atoms with Crippen molar-refractivity contribution in [2.75, 3.05) is 12.9 Å². The summed E-state index contributed by atoms with van der Waals surface area (Å²) in [5.74, 6) is 5.17. The van der Waals surface area contributed by atoms with Crippen molar-refractivity contribution in [2.24, 2.45) is 0 Å². The van der Waals surface area contributed by atoms with Crippen molar-refractivity contribution in [1.82, 2.24) is 10.3 Å². The van der Waals surface area contributed by atoms with E-state index in [0.717, 1.165) is 19.3 Å². The molecule has 1 aliphatic carbocycles. The number of aromatic nitrogens is 1. The van der Waals surface area contributed by atoms with E-state index in [1.165, 1.54) is 0 Å². The first-order chi connectivity index (χ1) is 9.72. The zero-order chi connectivity index (χ0) is 14.4. The van der Waals surface area contributed by atoms with E-state index in [0.29, 0.717) is 16.5 Å². The SMILES string of the molecule is CSC1CCC(NC(=O)c2ccc(C#CCO)cn2)C1. The van der Waals surface area contributed by atoms with Gasteiger partial charge in [0, 0.05) is 23.1 Å². The van der Waals surface area contributed by atoms with Crippen LogP contribution in [0, 0.1) is 11.8 Å². The van der Waals surface area contributed by atoms with Gasteiger partial charge >= 0.3 is 0 Å². The number of amides is 1. The molecule has 1 aliphatic rings. The predicted molar refractivity (Wildman–Crippen MR) is 80.6 cm³/mol. The van der Waals surface area contributed by atoms with Crippen LogP contribution in [-0.2, 0) is 0 Å². The normalized spacial score (nSPS) is 21.1. The average Bonchev–Trinajstić information content (AvgIpc) is 2.93. The van der Waals surface area contributed by atoms with E-state index < -0.39 is 0 Å². The van der Waals surface area contributed by atoms with E-state index in [9.17, 15) is 4.79 Å². The Labute approximate surface area is 123 Å². The highest BCUT2D eigenvalue weighted by Crippen LogP contribution is 2.28. The van der Waals surface area contributed by atoms with Crippen molar-refractivity contribution >= 4 is 17.7 Å². The third-order valence-corrected chi connectivity index (χ3v) is 4.46. The van der Waals surface area contributed by atoms with Gasteiger partial charge in [-0.25, -0.2) is 4.98 Å². The number of pyridine rings is 1. The summed E-state index contributed by atoms with van der Waals surface area (Å²) in [6.07, 6.45) is 6.90. The Morgan fingerprint density at radius 2 is 2.40 bits per heavy atom. The molecule has 2 rings (SSSR count). The molecule has 4 nitrogen and oxygen atoms in total. The fourth-order valence-corrected chi connectivity index (χ4v) is 3.08. The molecular formula is C15H18N2O2S. The molecule has 2 atom stereocenters. The van der Waals surface area contributed by atoms with Crippen LogP contribution in [0.4, 0.5) is 0 Å². The van der Waals surface area contributed by atoms with Gasteiger partial charge in [-0.2, -0.15) is 11.8 Å². The van der Waals surface area contributed by atoms with Crippen LogP contribution in [0.15, 0.2) is 18.3 Å². The number of nitrogens with one attached hydrogen (secondary N) is 1. The van der Waals surface area contributed by atoms with Crippen LogP contribution in [0.3, 0.4) is 0 Å². The van der Waals surface area contributed by atoms with Crippen molar-refractivity contribution in [2.45, 2.75) is 30.6 Å². The highest BCUT2D eigenvalue weighted by molar-refractivity contribution is 7.99. The van der Waals surface area contributed by atoms with Crippen LogP contribution in [0.2, 0.25) is 0 Å². The van der Waals surface area contributed by atoms with Crippen LogP contribution in [-0.4, -0.2) is 40.2 Å². The lowest BCUT2D eigenvalue weighted by atomic mass is 10.2. The second-order valence-electron chi connectivity index (χ2n) is 4.73. The molecule has 2 unspecified atom stereocenters. The molecule has 1 amide bonds. The van der Waals surface area contributed by atoms with E-state index in [1.807, 2.05) is 11.8 Å². The van der Waals surface area contributed by atoms with Crippen molar-refractivity contribution in [3.63, 3.8) is 0 Å². The van der Waals surface area contributed by atoms with Gasteiger partial charge in [0.2, 0.25) is 0 Å². The second-order valence-corrected chi connectivity index (χ2v) is 5.87. The molecule has 20 heavy (non-hydrogen) atoms. The predicted octanol–water partition coefficient (Wildman–Crippen LogP) is 1.44. The summed E-state index contributed by atoms with van der Waals surface area (Å²) >= 11 is 1.87. The van der Waals surface area contributed by atoms with Crippen LogP contribution < -0.4 is 5.32 Å². The van der Waals surface area contributed by atoms with E-state index >= 15 is 0 Å². The van der Waals surface area contributed by atoms with Gasteiger partial charge in [-0.05, 0) is 37.7 Å². The molecular weight excluding hydrogens is 272 g/mol. The maximum Gasteiger partial charge on any atom is 0.270 e. The van der Waals surface area contributed by atoms with Gasteiger partial charge in [-0.3, -0.25) is 4.79 Å². The molecule has 0 aliphatic heterocycles. The summed E-state index contributed by atoms with van der Waals surface area (Å²) in [7, 11) is 0. The quantitative estimate of drug-likeness (QED) is 0.827. The first-order valence-electron chi connectivity index (χ1n) is 6.62. The second kappa shape index (κ2) is 7.32. The molecule has 0 saturated heterocycles. The van der Waals surface area contributed by atoms with E-state index in [1.54, 1.807) is 18.3 Å². The number of nitrogens with zero attached hydrogens (tertiary/aromatic N) is 1. The minimum Gasteiger partial charge on any atom is -0.384 e. The number of hydrogen-bond acceptors (Lipinski definition) is 4. The lowest BCUT2D eigenvalue weighted by molar-refractivity contribution is 0.0933. The Balaban J connectivity index is 1.92. The molecule has 1 saturated carbocycles. The van der Waals surface area contributed by atoms with Gasteiger partial charge in [-0.15, -0.1) is 0 Å². The van der Waals surface area contributed by atoms with E-state index in [-0.39, 0.29) is 18.6 Å². The standard InChI is InChI=1S/C15H18N2O2S/c1-20-13-6-5-12(9-13)17-15(19)14-7-4-11(10-16-14)3-2-8-18/h4,7,10,12-13,18H,5-6,8-9H2,1H3,(H,17,19). The fraction of sp³-hybridized carbons (Fsp3) is 0.467. The minimum atomic E-state index is -0.180. The first-order valence-corrected chi connectivity index (χ1v) is 7.91. The molecule has 2 N–H and O–H groups in total. The van der Waals surface area contributed by atoms with Crippen molar-refractivity contribution < 1.29 is 9.90 Å². The van der Waals surface area contributed by atoms with Gasteiger partial charge in [-0.1, -0.05) is 11.8 Å². The lowest BCUT2D eigenvalue weighted by Gasteiger charge is -2.12. The number of rotatable bonds is 3. The monoisotopic (exact) mass is 290 g/mol. The molecule has 0 aromatic carbocycles. The summed E-state index contributed by atoms with van der Waals surface area (Å²) in [5.41, 5.74) is 1.10. The third-order valence-electron chi connectivity index (χ3n) is 3.36. The third kappa shape index (κ3) is 3.99. The molecule has 5 heteroatoms. The fourth-order valence-electron chi connectivity index (χ4n) is 2.29. The first kappa shape index (κ1) is 14.9. The van der Waals surface area contributed by atoms with Crippen LogP contribution in [0.25, 0.3) is 0 Å². The molecule has 1 aromatic rings. The summed E-state index contributed by atoms with van der Waals surface area (Å²) < 4.78 is 0. The lowest BCUT2D eigenvalue weighted by Crippen LogP contribution is -2.33. The van der Waals surface area contributed by atoms with Gasteiger partial charge < -0.3 is 10.4 Å². The number of hydrogen-bond donors (Lipinski definition) is 2. The Kier molecular flexibility index (Phi) is 5.45. The highest BCUT2D eigenvalue weighted by Gasteiger charge is 2.25. The molecule has 1 fully saturated rings. The van der Waals surface area contributed by atoms with Gasteiger partial charge in [0.1, 0.15) is 12.3 Å². The van der Waals surface area contributed by atoms with Crippen molar-refractivity contribution in [1.29, 1.82) is 0 Å². The molecule has 0 spiro atoms.